The van der Waals surface area contributed by atoms with E-state index in [-0.39, 0.29) is 17.2 Å². The average Bonchev–Trinajstić information content (AvgIpc) is 3.14. The molecule has 0 spiro atoms. The number of nitrogens with one attached hydrogen (secondary N) is 1. The molecule has 0 radical (unpaired) electrons. The van der Waals surface area contributed by atoms with Crippen molar-refractivity contribution in [2.45, 2.75) is 0 Å². The van der Waals surface area contributed by atoms with Crippen LogP contribution in [0, 0.1) is 27.3 Å². The molecule has 0 amide bonds. The Morgan fingerprint density at radius 3 is 2.77 bits per heavy atom. The van der Waals surface area contributed by atoms with E-state index < -0.39 is 4.92 Å². The zero-order valence-corrected chi connectivity index (χ0v) is 13.9. The first-order valence-electron chi connectivity index (χ1n) is 7.27. The molecule has 0 aliphatic rings. The van der Waals surface area contributed by atoms with Gasteiger partial charge in [0.15, 0.2) is 10.7 Å². The van der Waals surface area contributed by atoms with Crippen LogP contribution < -0.4 is 5.43 Å². The lowest BCUT2D eigenvalue weighted by Gasteiger charge is -2.00. The topological polar surface area (TPSA) is 104 Å². The first kappa shape index (κ1) is 17.2. The molecule has 0 aliphatic carbocycles. The molecule has 0 bridgehead atoms. The van der Waals surface area contributed by atoms with Crippen LogP contribution in [-0.4, -0.2) is 15.6 Å². The Morgan fingerprint density at radius 2 is 2.08 bits per heavy atom. The molecule has 0 atom stereocenters. The number of nitrogens with zero attached hydrogens (tertiary/aromatic N) is 4. The molecular weight excluding hydrogens is 357 g/mol. The molecule has 1 heterocycles. The normalized spacial score (nSPS) is 11.0. The van der Waals surface area contributed by atoms with Crippen molar-refractivity contribution in [2.75, 3.05) is 5.43 Å². The summed E-state index contributed by atoms with van der Waals surface area (Å²) in [5.74, 6) is -0.374. The third-order valence-corrected chi connectivity index (χ3v) is 4.16. The molecular formula is C17H10FN5O2S. The highest BCUT2D eigenvalue weighted by Gasteiger charge is 2.13. The van der Waals surface area contributed by atoms with Crippen molar-refractivity contribution in [1.29, 1.82) is 5.26 Å². The first-order valence-corrected chi connectivity index (χ1v) is 8.15. The van der Waals surface area contributed by atoms with Gasteiger partial charge >= 0.3 is 0 Å². The molecule has 0 aliphatic heterocycles. The molecule has 0 unspecified atom stereocenters. The van der Waals surface area contributed by atoms with E-state index in [4.69, 9.17) is 0 Å². The lowest BCUT2D eigenvalue weighted by molar-refractivity contribution is -0.384. The number of hydrogen-bond donors (Lipinski definition) is 1. The van der Waals surface area contributed by atoms with E-state index in [0.29, 0.717) is 22.0 Å². The molecule has 0 saturated heterocycles. The van der Waals surface area contributed by atoms with Crippen LogP contribution in [0.25, 0.3) is 11.3 Å². The molecule has 1 N–H and O–H groups in total. The summed E-state index contributed by atoms with van der Waals surface area (Å²) in [5.41, 5.74) is 4.29. The second-order valence-electron chi connectivity index (χ2n) is 5.04. The number of rotatable bonds is 5. The number of nitro benzene ring substituents is 1. The molecule has 9 heteroatoms. The van der Waals surface area contributed by atoms with E-state index >= 15 is 0 Å². The number of halogens is 1. The van der Waals surface area contributed by atoms with Gasteiger partial charge < -0.3 is 0 Å². The van der Waals surface area contributed by atoms with E-state index in [1.54, 1.807) is 17.5 Å². The molecule has 2 aromatic carbocycles. The van der Waals surface area contributed by atoms with Gasteiger partial charge in [-0.2, -0.15) is 10.4 Å². The highest BCUT2D eigenvalue weighted by Crippen LogP contribution is 2.25. The van der Waals surface area contributed by atoms with Gasteiger partial charge in [0.05, 0.1) is 16.3 Å². The van der Waals surface area contributed by atoms with Crippen LogP contribution in [0.3, 0.4) is 0 Å². The third kappa shape index (κ3) is 3.88. The van der Waals surface area contributed by atoms with Crippen LogP contribution in [0.15, 0.2) is 59.0 Å². The molecule has 7 nitrogen and oxygen atoms in total. The summed E-state index contributed by atoms with van der Waals surface area (Å²) < 4.78 is 12.9. The Bertz CT molecular complexity index is 1020. The molecule has 0 saturated carbocycles. The van der Waals surface area contributed by atoms with Gasteiger partial charge in [0.1, 0.15) is 11.9 Å². The lowest BCUT2D eigenvalue weighted by atomic mass is 10.1. The van der Waals surface area contributed by atoms with Gasteiger partial charge in [-0.15, -0.1) is 11.3 Å². The minimum atomic E-state index is -0.481. The Morgan fingerprint density at radius 1 is 1.31 bits per heavy atom. The summed E-state index contributed by atoms with van der Waals surface area (Å²) in [7, 11) is 0. The highest BCUT2D eigenvalue weighted by molar-refractivity contribution is 7.12. The van der Waals surface area contributed by atoms with Gasteiger partial charge in [-0.3, -0.25) is 15.5 Å². The van der Waals surface area contributed by atoms with Crippen LogP contribution in [0.2, 0.25) is 0 Å². The van der Waals surface area contributed by atoms with Gasteiger partial charge in [0, 0.05) is 23.1 Å². The number of benzene rings is 2. The largest absolute Gasteiger partial charge is 0.277 e. The number of non-ortho nitro benzene ring substituents is 1. The Kier molecular flexibility index (Phi) is 4.96. The van der Waals surface area contributed by atoms with Crippen molar-refractivity contribution in [3.63, 3.8) is 0 Å². The van der Waals surface area contributed by atoms with Crippen molar-refractivity contribution in [3.05, 3.63) is 74.9 Å². The maximum absolute atomic E-state index is 12.9. The predicted octanol–water partition coefficient (Wildman–Crippen LogP) is 4.20. The summed E-state index contributed by atoms with van der Waals surface area (Å²) >= 11 is 1.19. The standard InChI is InChI=1S/C17H10FN5O2S/c18-12-4-6-13(7-5-12)21-22-15(9-19)17-20-16(10-26-17)11-2-1-3-14(8-11)23(24)25/h1-8,10,21H/b22-15+. The number of aromatic nitrogens is 1. The quantitative estimate of drug-likeness (QED) is 0.413. The van der Waals surface area contributed by atoms with E-state index in [0.717, 1.165) is 0 Å². The average molecular weight is 367 g/mol. The fourth-order valence-electron chi connectivity index (χ4n) is 2.06. The Hall–Kier alpha value is -3.64. The fourth-order valence-corrected chi connectivity index (χ4v) is 2.83. The number of nitriles is 1. The van der Waals surface area contributed by atoms with Crippen LogP contribution in [0.4, 0.5) is 15.8 Å². The van der Waals surface area contributed by atoms with E-state index in [1.807, 2.05) is 6.07 Å². The number of anilines is 1. The van der Waals surface area contributed by atoms with E-state index in [1.165, 1.54) is 47.7 Å². The predicted molar refractivity (Wildman–Crippen MR) is 96.4 cm³/mol. The number of nitro groups is 1. The first-order chi connectivity index (χ1) is 12.6. The smallest absolute Gasteiger partial charge is 0.270 e. The summed E-state index contributed by atoms with van der Waals surface area (Å²) in [6, 6.07) is 13.6. The summed E-state index contributed by atoms with van der Waals surface area (Å²) in [4.78, 5) is 14.7. The molecule has 1 aromatic heterocycles. The van der Waals surface area contributed by atoms with Crippen LogP contribution in [0.1, 0.15) is 5.01 Å². The van der Waals surface area contributed by atoms with Gasteiger partial charge in [-0.1, -0.05) is 12.1 Å². The Balaban J connectivity index is 1.84. The number of hydrogen-bond acceptors (Lipinski definition) is 7. The molecule has 128 valence electrons. The zero-order valence-electron chi connectivity index (χ0n) is 13.1. The summed E-state index contributed by atoms with van der Waals surface area (Å²) in [6.07, 6.45) is 0. The van der Waals surface area contributed by atoms with Crippen molar-refractivity contribution in [2.24, 2.45) is 5.10 Å². The maximum Gasteiger partial charge on any atom is 0.270 e. The van der Waals surface area contributed by atoms with Crippen molar-refractivity contribution in [1.82, 2.24) is 4.98 Å². The number of thiazole rings is 1. The Labute approximate surface area is 151 Å². The summed E-state index contributed by atoms with van der Waals surface area (Å²) in [6.45, 7) is 0. The fraction of sp³-hybridized carbons (Fsp3) is 0. The minimum Gasteiger partial charge on any atom is -0.277 e. The monoisotopic (exact) mass is 367 g/mol. The van der Waals surface area contributed by atoms with Gasteiger partial charge in [0.2, 0.25) is 0 Å². The van der Waals surface area contributed by atoms with Crippen molar-refractivity contribution >= 4 is 28.4 Å². The van der Waals surface area contributed by atoms with Crippen LogP contribution in [-0.2, 0) is 0 Å². The lowest BCUT2D eigenvalue weighted by Crippen LogP contribution is -2.01. The van der Waals surface area contributed by atoms with E-state index in [2.05, 4.69) is 15.5 Å². The third-order valence-electron chi connectivity index (χ3n) is 3.31. The van der Waals surface area contributed by atoms with Crippen molar-refractivity contribution < 1.29 is 9.31 Å². The zero-order chi connectivity index (χ0) is 18.5. The van der Waals surface area contributed by atoms with E-state index in [9.17, 15) is 19.8 Å². The van der Waals surface area contributed by atoms with Crippen LogP contribution in [0.5, 0.6) is 0 Å². The molecule has 3 rings (SSSR count). The van der Waals surface area contributed by atoms with Gasteiger partial charge in [-0.25, -0.2) is 9.37 Å². The highest BCUT2D eigenvalue weighted by atomic mass is 32.1. The van der Waals surface area contributed by atoms with Gasteiger partial charge in [0.25, 0.3) is 5.69 Å². The molecule has 26 heavy (non-hydrogen) atoms. The second kappa shape index (κ2) is 7.50. The van der Waals surface area contributed by atoms with Crippen molar-refractivity contribution in [3.8, 4) is 17.3 Å². The molecule has 0 fully saturated rings. The number of hydrazone groups is 1. The minimum absolute atomic E-state index is 0.0378. The summed E-state index contributed by atoms with van der Waals surface area (Å²) in [5, 5.41) is 26.2. The maximum atomic E-state index is 12.9. The molecule has 3 aromatic rings. The second-order valence-corrected chi connectivity index (χ2v) is 5.89. The van der Waals surface area contributed by atoms with Crippen LogP contribution >= 0.6 is 11.3 Å². The SMILES string of the molecule is N#C/C(=N\Nc1ccc(F)cc1)c1nc(-c2cccc([N+](=O)[O-])c2)cs1. The van der Waals surface area contributed by atoms with Gasteiger partial charge in [-0.05, 0) is 24.3 Å².